The molecule has 1 heterocycles. The molecular weight excluding hydrogens is 492 g/mol. The quantitative estimate of drug-likeness (QED) is 0.211. The van der Waals surface area contributed by atoms with Crippen LogP contribution < -0.4 is 10.1 Å². The Morgan fingerprint density at radius 2 is 1.50 bits per heavy atom. The highest BCUT2D eigenvalue weighted by molar-refractivity contribution is 5.87. The molecule has 1 amide bonds. The molecule has 0 aliphatic heterocycles. The third-order valence-corrected chi connectivity index (χ3v) is 7.61. The highest BCUT2D eigenvalue weighted by Crippen LogP contribution is 2.36. The number of rotatable bonds is 9. The van der Waals surface area contributed by atoms with Crippen molar-refractivity contribution in [2.45, 2.75) is 51.6 Å². The Morgan fingerprint density at radius 1 is 0.825 bits per heavy atom. The van der Waals surface area contributed by atoms with E-state index in [-0.39, 0.29) is 17.2 Å². The van der Waals surface area contributed by atoms with Crippen molar-refractivity contribution in [2.75, 3.05) is 7.11 Å². The molecule has 204 valence electrons. The van der Waals surface area contributed by atoms with Crippen molar-refractivity contribution in [3.8, 4) is 5.75 Å². The topological polar surface area (TPSA) is 43.3 Å². The second kappa shape index (κ2) is 11.8. The van der Waals surface area contributed by atoms with E-state index in [0.717, 1.165) is 28.9 Å². The van der Waals surface area contributed by atoms with Gasteiger partial charge in [-0.1, -0.05) is 106 Å². The van der Waals surface area contributed by atoms with E-state index < -0.39 is 0 Å². The van der Waals surface area contributed by atoms with Gasteiger partial charge in [0.2, 0.25) is 5.91 Å². The molecule has 0 unspecified atom stereocenters. The molecule has 0 spiro atoms. The molecule has 0 saturated carbocycles. The first-order chi connectivity index (χ1) is 19.3. The van der Waals surface area contributed by atoms with E-state index in [9.17, 15) is 4.79 Å². The van der Waals surface area contributed by atoms with Gasteiger partial charge in [-0.05, 0) is 51.4 Å². The fraction of sp³-hybridized carbons (Fsp3) is 0.250. The van der Waals surface area contributed by atoms with Crippen LogP contribution in [0.15, 0.2) is 109 Å². The molecule has 4 nitrogen and oxygen atoms in total. The molecule has 0 saturated heterocycles. The minimum atomic E-state index is -0.0770. The third kappa shape index (κ3) is 6.28. The molecule has 0 bridgehead atoms. The molecule has 0 fully saturated rings. The monoisotopic (exact) mass is 530 g/mol. The van der Waals surface area contributed by atoms with Crippen LogP contribution in [0.3, 0.4) is 0 Å². The first kappa shape index (κ1) is 27.3. The van der Waals surface area contributed by atoms with E-state index in [1.165, 1.54) is 22.1 Å². The number of nitrogens with zero attached hydrogens (tertiary/aromatic N) is 1. The number of methoxy groups -OCH3 is 1. The van der Waals surface area contributed by atoms with Gasteiger partial charge in [0.15, 0.2) is 0 Å². The normalized spacial score (nSPS) is 12.3. The van der Waals surface area contributed by atoms with Gasteiger partial charge in [-0.25, -0.2) is 0 Å². The molecule has 0 aliphatic rings. The van der Waals surface area contributed by atoms with Gasteiger partial charge in [-0.15, -0.1) is 0 Å². The number of para-hydroxylation sites is 1. The molecule has 4 heteroatoms. The van der Waals surface area contributed by atoms with Crippen LogP contribution in [0.1, 0.15) is 60.9 Å². The predicted octanol–water partition coefficient (Wildman–Crippen LogP) is 7.83. The van der Waals surface area contributed by atoms with Crippen LogP contribution in [0.4, 0.5) is 0 Å². The number of aromatic nitrogens is 1. The van der Waals surface area contributed by atoms with Crippen LogP contribution in [0, 0.1) is 0 Å². The summed E-state index contributed by atoms with van der Waals surface area (Å²) < 4.78 is 7.64. The van der Waals surface area contributed by atoms with Gasteiger partial charge in [-0.3, -0.25) is 4.79 Å². The van der Waals surface area contributed by atoms with E-state index in [1.807, 2.05) is 42.5 Å². The Kier molecular flexibility index (Phi) is 8.06. The first-order valence-electron chi connectivity index (χ1n) is 13.9. The lowest BCUT2D eigenvalue weighted by atomic mass is 9.83. The number of fused-ring (bicyclic) bond motifs is 1. The summed E-state index contributed by atoms with van der Waals surface area (Å²) in [6.07, 6.45) is 2.61. The maximum atomic E-state index is 13.4. The minimum Gasteiger partial charge on any atom is -0.497 e. The molecule has 4 aromatic carbocycles. The number of nitrogens with one attached hydrogen (secondary N) is 1. The zero-order chi connectivity index (χ0) is 28.1. The van der Waals surface area contributed by atoms with Gasteiger partial charge < -0.3 is 14.6 Å². The van der Waals surface area contributed by atoms with Gasteiger partial charge in [-0.2, -0.15) is 0 Å². The number of carbonyl (C=O) groups is 1. The molecular formula is C36H38N2O2. The zero-order valence-corrected chi connectivity index (χ0v) is 23.9. The fourth-order valence-electron chi connectivity index (χ4n) is 5.29. The van der Waals surface area contributed by atoms with Gasteiger partial charge in [0.05, 0.1) is 7.11 Å². The zero-order valence-electron chi connectivity index (χ0n) is 23.9. The molecule has 1 N–H and O–H groups in total. The lowest BCUT2D eigenvalue weighted by Gasteiger charge is -2.22. The van der Waals surface area contributed by atoms with Crippen LogP contribution in [0.5, 0.6) is 5.75 Å². The highest BCUT2D eigenvalue weighted by Gasteiger charge is 2.24. The Bertz CT molecular complexity index is 1560. The average molecular weight is 531 g/mol. The van der Waals surface area contributed by atoms with Crippen LogP contribution in [-0.4, -0.2) is 17.6 Å². The van der Waals surface area contributed by atoms with Gasteiger partial charge >= 0.3 is 0 Å². The standard InChI is InChI=1S/C36H38N2O2/c1-36(2,3)29-18-16-28(17-19-29)32(22-35(39)37-23-26-10-6-5-7-11-26)33-25-38(34-13-9-8-12-31(33)34)24-27-14-20-30(40-4)21-15-27/h5-21,25,32H,22-24H2,1-4H3,(H,37,39)/t32-/m0/s1. The van der Waals surface area contributed by atoms with E-state index in [2.05, 4.69) is 97.5 Å². The molecule has 5 rings (SSSR count). The summed E-state index contributed by atoms with van der Waals surface area (Å²) in [4.78, 5) is 13.4. The minimum absolute atomic E-state index is 0.0423. The molecule has 0 aliphatic carbocycles. The van der Waals surface area contributed by atoms with E-state index in [0.29, 0.717) is 13.0 Å². The van der Waals surface area contributed by atoms with Gasteiger partial charge in [0.25, 0.3) is 0 Å². The summed E-state index contributed by atoms with van der Waals surface area (Å²) in [6, 6.07) is 35.6. The summed E-state index contributed by atoms with van der Waals surface area (Å²) >= 11 is 0. The van der Waals surface area contributed by atoms with Crippen molar-refractivity contribution in [1.29, 1.82) is 0 Å². The molecule has 1 aromatic heterocycles. The summed E-state index contributed by atoms with van der Waals surface area (Å²) in [5.41, 5.74) is 7.12. The van der Waals surface area contributed by atoms with E-state index in [1.54, 1.807) is 7.11 Å². The predicted molar refractivity (Wildman–Crippen MR) is 164 cm³/mol. The largest absolute Gasteiger partial charge is 0.497 e. The van der Waals surface area contributed by atoms with E-state index >= 15 is 0 Å². The number of benzene rings is 4. The van der Waals surface area contributed by atoms with Gasteiger partial charge in [0, 0.05) is 42.5 Å². The molecule has 40 heavy (non-hydrogen) atoms. The lowest BCUT2D eigenvalue weighted by molar-refractivity contribution is -0.121. The number of ether oxygens (including phenoxy) is 1. The van der Waals surface area contributed by atoms with Gasteiger partial charge in [0.1, 0.15) is 5.75 Å². The Labute approximate surface area is 237 Å². The SMILES string of the molecule is COc1ccc(Cn2cc([C@@H](CC(=O)NCc3ccccc3)c3ccc(C(C)(C)C)cc3)c3ccccc32)cc1. The van der Waals surface area contributed by atoms with E-state index in [4.69, 9.17) is 4.74 Å². The first-order valence-corrected chi connectivity index (χ1v) is 13.9. The van der Waals surface area contributed by atoms with Crippen molar-refractivity contribution < 1.29 is 9.53 Å². The molecule has 1 atom stereocenters. The Morgan fingerprint density at radius 3 is 2.17 bits per heavy atom. The van der Waals surface area contributed by atoms with Crippen LogP contribution >= 0.6 is 0 Å². The van der Waals surface area contributed by atoms with Crippen molar-refractivity contribution in [3.63, 3.8) is 0 Å². The van der Waals surface area contributed by atoms with Crippen molar-refractivity contribution in [2.24, 2.45) is 0 Å². The number of hydrogen-bond acceptors (Lipinski definition) is 2. The summed E-state index contributed by atoms with van der Waals surface area (Å²) in [5, 5.41) is 4.33. The average Bonchev–Trinajstić information content (AvgIpc) is 3.33. The third-order valence-electron chi connectivity index (χ3n) is 7.61. The lowest BCUT2D eigenvalue weighted by Crippen LogP contribution is -2.25. The molecule has 5 aromatic rings. The second-order valence-corrected chi connectivity index (χ2v) is 11.5. The van der Waals surface area contributed by atoms with Crippen molar-refractivity contribution in [1.82, 2.24) is 9.88 Å². The molecule has 0 radical (unpaired) electrons. The van der Waals surface area contributed by atoms with Crippen LogP contribution in [0.2, 0.25) is 0 Å². The van der Waals surface area contributed by atoms with Crippen molar-refractivity contribution in [3.05, 3.63) is 137 Å². The van der Waals surface area contributed by atoms with Crippen LogP contribution in [0.25, 0.3) is 10.9 Å². The number of carbonyl (C=O) groups excluding carboxylic acids is 1. The fourth-order valence-corrected chi connectivity index (χ4v) is 5.29. The Balaban J connectivity index is 1.50. The smallest absolute Gasteiger partial charge is 0.221 e. The Hall–Kier alpha value is -4.31. The number of amides is 1. The summed E-state index contributed by atoms with van der Waals surface area (Å²) in [5.74, 6) is 0.814. The summed E-state index contributed by atoms with van der Waals surface area (Å²) in [6.45, 7) is 7.94. The maximum absolute atomic E-state index is 13.4. The second-order valence-electron chi connectivity index (χ2n) is 11.5. The number of hydrogen-bond donors (Lipinski definition) is 1. The highest BCUT2D eigenvalue weighted by atomic mass is 16.5. The van der Waals surface area contributed by atoms with Crippen molar-refractivity contribution >= 4 is 16.8 Å². The maximum Gasteiger partial charge on any atom is 0.221 e. The van der Waals surface area contributed by atoms with Crippen LogP contribution in [-0.2, 0) is 23.3 Å². The summed E-state index contributed by atoms with van der Waals surface area (Å²) in [7, 11) is 1.69.